The van der Waals surface area contributed by atoms with Crippen molar-refractivity contribution in [3.05, 3.63) is 35.3 Å². The maximum absolute atomic E-state index is 13.7. The molecule has 17 heavy (non-hydrogen) atoms. The number of furan rings is 1. The van der Waals surface area contributed by atoms with Crippen LogP contribution in [0.15, 0.2) is 22.6 Å². The average molecular weight is 235 g/mol. The minimum absolute atomic E-state index is 0.0643. The van der Waals surface area contributed by atoms with Crippen LogP contribution in [0, 0.1) is 5.82 Å². The predicted octanol–water partition coefficient (Wildman–Crippen LogP) is 3.59. The molecule has 0 amide bonds. The van der Waals surface area contributed by atoms with E-state index in [2.05, 4.69) is 26.1 Å². The van der Waals surface area contributed by atoms with Crippen LogP contribution in [0.4, 0.5) is 4.39 Å². The zero-order valence-corrected chi connectivity index (χ0v) is 10.7. The first-order valence-electron chi connectivity index (χ1n) is 5.80. The first-order chi connectivity index (χ1) is 7.95. The Morgan fingerprint density at radius 3 is 2.59 bits per heavy atom. The summed E-state index contributed by atoms with van der Waals surface area (Å²) in [7, 11) is 1.86. The van der Waals surface area contributed by atoms with Gasteiger partial charge in [-0.3, -0.25) is 0 Å². The Morgan fingerprint density at radius 1 is 1.29 bits per heavy atom. The number of benzene rings is 1. The van der Waals surface area contributed by atoms with Crippen molar-refractivity contribution in [1.29, 1.82) is 0 Å². The molecular formula is C14H18FNO. The number of para-hydroxylation sites is 1. The number of nitrogens with one attached hydrogen (secondary N) is 1. The van der Waals surface area contributed by atoms with Crippen molar-refractivity contribution in [2.45, 2.75) is 32.7 Å². The SMILES string of the molecule is CNCc1oc2c(F)cccc2c1C(C)(C)C. The second-order valence-corrected chi connectivity index (χ2v) is 5.30. The minimum atomic E-state index is -0.296. The fourth-order valence-corrected chi connectivity index (χ4v) is 2.24. The van der Waals surface area contributed by atoms with Gasteiger partial charge in [-0.1, -0.05) is 32.9 Å². The van der Waals surface area contributed by atoms with Gasteiger partial charge in [-0.15, -0.1) is 0 Å². The van der Waals surface area contributed by atoms with E-state index in [1.807, 2.05) is 13.1 Å². The summed E-state index contributed by atoms with van der Waals surface area (Å²) in [5, 5.41) is 3.94. The van der Waals surface area contributed by atoms with Crippen LogP contribution < -0.4 is 5.32 Å². The normalized spacial score (nSPS) is 12.3. The molecule has 2 aromatic rings. The molecule has 3 heteroatoms. The van der Waals surface area contributed by atoms with Gasteiger partial charge in [0.05, 0.1) is 6.54 Å². The van der Waals surface area contributed by atoms with Crippen LogP contribution in [0.3, 0.4) is 0 Å². The van der Waals surface area contributed by atoms with Gasteiger partial charge < -0.3 is 9.73 Å². The third-order valence-corrected chi connectivity index (χ3v) is 2.83. The largest absolute Gasteiger partial charge is 0.456 e. The van der Waals surface area contributed by atoms with E-state index in [1.54, 1.807) is 6.07 Å². The molecule has 2 nitrogen and oxygen atoms in total. The highest BCUT2D eigenvalue weighted by molar-refractivity contribution is 5.83. The fourth-order valence-electron chi connectivity index (χ4n) is 2.24. The van der Waals surface area contributed by atoms with Crippen molar-refractivity contribution in [2.75, 3.05) is 7.05 Å². The van der Waals surface area contributed by atoms with Gasteiger partial charge in [-0.05, 0) is 18.5 Å². The summed E-state index contributed by atoms with van der Waals surface area (Å²) in [5.41, 5.74) is 1.38. The number of fused-ring (bicyclic) bond motifs is 1. The van der Waals surface area contributed by atoms with E-state index in [0.717, 1.165) is 16.7 Å². The summed E-state index contributed by atoms with van der Waals surface area (Å²) in [6.07, 6.45) is 0. The van der Waals surface area contributed by atoms with Crippen molar-refractivity contribution < 1.29 is 8.81 Å². The Hall–Kier alpha value is -1.35. The molecule has 1 heterocycles. The van der Waals surface area contributed by atoms with Crippen LogP contribution in [-0.4, -0.2) is 7.05 Å². The summed E-state index contributed by atoms with van der Waals surface area (Å²) < 4.78 is 19.4. The van der Waals surface area contributed by atoms with E-state index in [9.17, 15) is 4.39 Å². The lowest BCUT2D eigenvalue weighted by molar-refractivity contribution is 0.482. The zero-order valence-electron chi connectivity index (χ0n) is 10.7. The summed E-state index contributed by atoms with van der Waals surface area (Å²) >= 11 is 0. The molecule has 0 spiro atoms. The van der Waals surface area contributed by atoms with Crippen molar-refractivity contribution >= 4 is 11.0 Å². The molecule has 0 bridgehead atoms. The predicted molar refractivity (Wildman–Crippen MR) is 67.6 cm³/mol. The van der Waals surface area contributed by atoms with E-state index in [1.165, 1.54) is 6.07 Å². The highest BCUT2D eigenvalue weighted by Crippen LogP contribution is 2.36. The number of rotatable bonds is 2. The molecule has 0 unspecified atom stereocenters. The molecule has 0 saturated heterocycles. The van der Waals surface area contributed by atoms with Crippen LogP contribution in [0.2, 0.25) is 0 Å². The van der Waals surface area contributed by atoms with Crippen molar-refractivity contribution in [1.82, 2.24) is 5.32 Å². The topological polar surface area (TPSA) is 25.2 Å². The van der Waals surface area contributed by atoms with Gasteiger partial charge in [0, 0.05) is 10.9 Å². The molecule has 0 fully saturated rings. The summed E-state index contributed by atoms with van der Waals surface area (Å²) in [5.74, 6) is 0.524. The lowest BCUT2D eigenvalue weighted by Crippen LogP contribution is -2.15. The van der Waals surface area contributed by atoms with Gasteiger partial charge in [-0.2, -0.15) is 0 Å². The molecule has 92 valence electrons. The molecule has 0 saturated carbocycles. The zero-order chi connectivity index (χ0) is 12.6. The molecule has 0 aliphatic carbocycles. The Morgan fingerprint density at radius 2 is 2.00 bits per heavy atom. The fraction of sp³-hybridized carbons (Fsp3) is 0.429. The number of hydrogen-bond donors (Lipinski definition) is 1. The van der Waals surface area contributed by atoms with Crippen LogP contribution in [0.5, 0.6) is 0 Å². The summed E-state index contributed by atoms with van der Waals surface area (Å²) in [6, 6.07) is 5.08. The second kappa shape index (κ2) is 4.15. The van der Waals surface area contributed by atoms with Crippen LogP contribution in [-0.2, 0) is 12.0 Å². The molecule has 0 radical (unpaired) electrons. The van der Waals surface area contributed by atoms with E-state index in [-0.39, 0.29) is 11.2 Å². The minimum Gasteiger partial charge on any atom is -0.456 e. The van der Waals surface area contributed by atoms with Crippen LogP contribution in [0.25, 0.3) is 11.0 Å². The smallest absolute Gasteiger partial charge is 0.170 e. The van der Waals surface area contributed by atoms with Crippen LogP contribution >= 0.6 is 0 Å². The molecule has 1 aromatic heterocycles. The molecule has 0 atom stereocenters. The first-order valence-corrected chi connectivity index (χ1v) is 5.80. The summed E-state index contributed by atoms with van der Waals surface area (Å²) in [6.45, 7) is 6.95. The molecule has 0 aliphatic heterocycles. The lowest BCUT2D eigenvalue weighted by Gasteiger charge is -2.19. The molecular weight excluding hydrogens is 217 g/mol. The van der Waals surface area contributed by atoms with E-state index < -0.39 is 0 Å². The molecule has 0 aliphatic rings. The molecule has 2 rings (SSSR count). The quantitative estimate of drug-likeness (QED) is 0.860. The average Bonchev–Trinajstić information content (AvgIpc) is 2.57. The van der Waals surface area contributed by atoms with Gasteiger partial charge >= 0.3 is 0 Å². The van der Waals surface area contributed by atoms with Gasteiger partial charge in [0.2, 0.25) is 0 Å². The Labute approximate surface area is 101 Å². The number of halogens is 1. The van der Waals surface area contributed by atoms with Gasteiger partial charge in [0.15, 0.2) is 11.4 Å². The standard InChI is InChI=1S/C14H18FNO/c1-14(2,3)12-9-6-5-7-10(15)13(9)17-11(12)8-16-4/h5-7,16H,8H2,1-4H3. The maximum Gasteiger partial charge on any atom is 0.170 e. The third-order valence-electron chi connectivity index (χ3n) is 2.83. The van der Waals surface area contributed by atoms with E-state index >= 15 is 0 Å². The second-order valence-electron chi connectivity index (χ2n) is 5.30. The Bertz CT molecular complexity index is 537. The van der Waals surface area contributed by atoms with Crippen molar-refractivity contribution in [3.63, 3.8) is 0 Å². The van der Waals surface area contributed by atoms with E-state index in [0.29, 0.717) is 12.1 Å². The monoisotopic (exact) mass is 235 g/mol. The van der Waals surface area contributed by atoms with Crippen LogP contribution in [0.1, 0.15) is 32.1 Å². The highest BCUT2D eigenvalue weighted by Gasteiger charge is 2.25. The first kappa shape index (κ1) is 12.1. The van der Waals surface area contributed by atoms with Gasteiger partial charge in [-0.25, -0.2) is 4.39 Å². The van der Waals surface area contributed by atoms with Gasteiger partial charge in [0.25, 0.3) is 0 Å². The molecule has 1 N–H and O–H groups in total. The Balaban J connectivity index is 2.76. The van der Waals surface area contributed by atoms with Crippen molar-refractivity contribution in [3.8, 4) is 0 Å². The van der Waals surface area contributed by atoms with Crippen molar-refractivity contribution in [2.24, 2.45) is 0 Å². The van der Waals surface area contributed by atoms with Gasteiger partial charge in [0.1, 0.15) is 5.76 Å². The number of hydrogen-bond acceptors (Lipinski definition) is 2. The lowest BCUT2D eigenvalue weighted by atomic mass is 9.85. The summed E-state index contributed by atoms with van der Waals surface area (Å²) in [4.78, 5) is 0. The third kappa shape index (κ3) is 2.07. The molecule has 1 aromatic carbocycles. The maximum atomic E-state index is 13.7. The van der Waals surface area contributed by atoms with E-state index in [4.69, 9.17) is 4.42 Å². The highest BCUT2D eigenvalue weighted by atomic mass is 19.1. The Kier molecular flexibility index (Phi) is 2.96.